The molecule has 0 spiro atoms. The van der Waals surface area contributed by atoms with Gasteiger partial charge in [0, 0.05) is 11.7 Å². The number of carbonyl (C=O) groups excluding carboxylic acids is 2. The molecule has 1 aliphatic heterocycles. The molecule has 7 nitrogen and oxygen atoms in total. The van der Waals surface area contributed by atoms with Crippen molar-refractivity contribution in [1.29, 1.82) is 0 Å². The molecule has 1 atom stereocenters. The van der Waals surface area contributed by atoms with Gasteiger partial charge in [-0.2, -0.15) is 0 Å². The highest BCUT2D eigenvalue weighted by atomic mass is 16.4. The van der Waals surface area contributed by atoms with E-state index < -0.39 is 29.5 Å². The Balaban J connectivity index is 2.02. The van der Waals surface area contributed by atoms with E-state index >= 15 is 0 Å². The highest BCUT2D eigenvalue weighted by Crippen LogP contribution is 2.31. The van der Waals surface area contributed by atoms with E-state index in [0.717, 1.165) is 4.90 Å². The molecule has 0 saturated heterocycles. The first kappa shape index (κ1) is 18.6. The van der Waals surface area contributed by atoms with Gasteiger partial charge < -0.3 is 5.11 Å². The molecule has 0 aliphatic carbocycles. The van der Waals surface area contributed by atoms with E-state index in [1.165, 1.54) is 4.90 Å². The van der Waals surface area contributed by atoms with Gasteiger partial charge >= 0.3 is 6.09 Å². The van der Waals surface area contributed by atoms with Crippen LogP contribution in [0, 0.1) is 0 Å². The molecule has 1 aliphatic rings. The fourth-order valence-electron chi connectivity index (χ4n) is 3.35. The summed E-state index contributed by atoms with van der Waals surface area (Å²) in [4.78, 5) is 44.1. The van der Waals surface area contributed by atoms with Gasteiger partial charge in [0.2, 0.25) is 0 Å². The van der Waals surface area contributed by atoms with Crippen LogP contribution in [-0.4, -0.2) is 49.9 Å². The standard InChI is InChI=1S/C20H21N3O4/c1-20(2,3)23(19(26)27)16(15-10-6-7-11-21-15)12-22-17(24)13-8-4-5-9-14(13)18(22)25/h4-11,16H,12H2,1-3H3,(H,26,27)/t16-/m0/s1. The molecular formula is C20H21N3O4. The van der Waals surface area contributed by atoms with Crippen molar-refractivity contribution < 1.29 is 19.5 Å². The summed E-state index contributed by atoms with van der Waals surface area (Å²) in [5.74, 6) is -0.841. The van der Waals surface area contributed by atoms with Crippen LogP contribution in [0.1, 0.15) is 53.2 Å². The monoisotopic (exact) mass is 367 g/mol. The van der Waals surface area contributed by atoms with Gasteiger partial charge in [0.15, 0.2) is 0 Å². The van der Waals surface area contributed by atoms with E-state index in [0.29, 0.717) is 16.8 Å². The molecule has 0 radical (unpaired) electrons. The molecule has 3 amide bonds. The van der Waals surface area contributed by atoms with Crippen molar-refractivity contribution in [3.63, 3.8) is 0 Å². The minimum atomic E-state index is -1.14. The second-order valence-electron chi connectivity index (χ2n) is 7.36. The quantitative estimate of drug-likeness (QED) is 0.838. The van der Waals surface area contributed by atoms with E-state index in [9.17, 15) is 19.5 Å². The lowest BCUT2D eigenvalue weighted by molar-refractivity contribution is 0.0419. The van der Waals surface area contributed by atoms with E-state index in [-0.39, 0.29) is 6.54 Å². The molecule has 3 rings (SSSR count). The van der Waals surface area contributed by atoms with Crippen molar-refractivity contribution in [2.24, 2.45) is 0 Å². The minimum absolute atomic E-state index is 0.104. The molecule has 1 aromatic carbocycles. The molecule has 0 fully saturated rings. The molecule has 1 aromatic heterocycles. The maximum atomic E-state index is 12.7. The van der Waals surface area contributed by atoms with Gasteiger partial charge in [-0.15, -0.1) is 0 Å². The summed E-state index contributed by atoms with van der Waals surface area (Å²) in [6.07, 6.45) is 0.419. The third-order valence-corrected chi connectivity index (χ3v) is 4.50. The number of nitrogens with zero attached hydrogens (tertiary/aromatic N) is 3. The number of benzene rings is 1. The van der Waals surface area contributed by atoms with Gasteiger partial charge in [0.05, 0.1) is 29.4 Å². The van der Waals surface area contributed by atoms with Gasteiger partial charge in [-0.1, -0.05) is 18.2 Å². The van der Waals surface area contributed by atoms with Crippen molar-refractivity contribution in [2.75, 3.05) is 6.54 Å². The SMILES string of the molecule is CC(C)(C)N(C(=O)O)[C@@H](CN1C(=O)c2ccccc2C1=O)c1ccccn1. The highest BCUT2D eigenvalue weighted by Gasteiger charge is 2.41. The van der Waals surface area contributed by atoms with E-state index in [2.05, 4.69) is 4.98 Å². The van der Waals surface area contributed by atoms with E-state index in [4.69, 9.17) is 0 Å². The Bertz CT molecular complexity index is 855. The van der Waals surface area contributed by atoms with Crippen molar-refractivity contribution in [3.8, 4) is 0 Å². The Morgan fingerprint density at radius 3 is 2.07 bits per heavy atom. The molecule has 0 bridgehead atoms. The molecule has 7 heteroatoms. The number of amides is 3. The molecular weight excluding hydrogens is 346 g/mol. The summed E-state index contributed by atoms with van der Waals surface area (Å²) in [7, 11) is 0. The van der Waals surface area contributed by atoms with Crippen LogP contribution >= 0.6 is 0 Å². The van der Waals surface area contributed by atoms with Gasteiger partial charge in [-0.25, -0.2) is 4.79 Å². The van der Waals surface area contributed by atoms with Gasteiger partial charge in [-0.3, -0.25) is 24.4 Å². The lowest BCUT2D eigenvalue weighted by atomic mass is 10.0. The number of carbonyl (C=O) groups is 3. The molecule has 27 heavy (non-hydrogen) atoms. The normalized spacial score (nSPS) is 14.9. The molecule has 0 unspecified atom stereocenters. The fraction of sp³-hybridized carbons (Fsp3) is 0.300. The first-order chi connectivity index (χ1) is 12.7. The molecule has 2 heterocycles. The Kier molecular flexibility index (Phi) is 4.70. The number of pyridine rings is 1. The van der Waals surface area contributed by atoms with Crippen LogP contribution in [0.2, 0.25) is 0 Å². The Hall–Kier alpha value is -3.22. The average Bonchev–Trinajstić information content (AvgIpc) is 2.85. The fourth-order valence-corrected chi connectivity index (χ4v) is 3.35. The van der Waals surface area contributed by atoms with Gasteiger partial charge in [-0.05, 0) is 45.0 Å². The first-order valence-electron chi connectivity index (χ1n) is 8.60. The average molecular weight is 367 g/mol. The maximum Gasteiger partial charge on any atom is 0.408 e. The summed E-state index contributed by atoms with van der Waals surface area (Å²) in [6, 6.07) is 11.0. The predicted octanol–water partition coefficient (Wildman–Crippen LogP) is 3.20. The molecule has 2 aromatic rings. The minimum Gasteiger partial charge on any atom is -0.465 e. The lowest BCUT2D eigenvalue weighted by Gasteiger charge is -2.40. The first-order valence-corrected chi connectivity index (χ1v) is 8.60. The van der Waals surface area contributed by atoms with Crippen molar-refractivity contribution in [1.82, 2.24) is 14.8 Å². The summed E-state index contributed by atoms with van der Waals surface area (Å²) >= 11 is 0. The van der Waals surface area contributed by atoms with Crippen molar-refractivity contribution >= 4 is 17.9 Å². The zero-order chi connectivity index (χ0) is 19.8. The van der Waals surface area contributed by atoms with E-state index in [1.54, 1.807) is 69.4 Å². The van der Waals surface area contributed by atoms with Crippen LogP contribution in [0.3, 0.4) is 0 Å². The van der Waals surface area contributed by atoms with E-state index in [1.807, 2.05) is 0 Å². The number of imide groups is 1. The lowest BCUT2D eigenvalue weighted by Crippen LogP contribution is -2.51. The summed E-state index contributed by atoms with van der Waals surface area (Å²) in [5.41, 5.74) is 0.387. The third-order valence-electron chi connectivity index (χ3n) is 4.50. The van der Waals surface area contributed by atoms with Crippen LogP contribution in [0.4, 0.5) is 4.79 Å². The number of hydrogen-bond donors (Lipinski definition) is 1. The third kappa shape index (κ3) is 3.40. The van der Waals surface area contributed by atoms with Crippen LogP contribution < -0.4 is 0 Å². The van der Waals surface area contributed by atoms with Gasteiger partial charge in [0.25, 0.3) is 11.8 Å². The topological polar surface area (TPSA) is 90.8 Å². The molecule has 1 N–H and O–H groups in total. The zero-order valence-electron chi connectivity index (χ0n) is 15.4. The van der Waals surface area contributed by atoms with Crippen molar-refractivity contribution in [2.45, 2.75) is 32.4 Å². The Morgan fingerprint density at radius 1 is 1.07 bits per heavy atom. The number of rotatable bonds is 4. The van der Waals surface area contributed by atoms with Crippen LogP contribution in [0.25, 0.3) is 0 Å². The summed E-state index contributed by atoms with van der Waals surface area (Å²) in [6.45, 7) is 5.19. The molecule has 0 saturated carbocycles. The highest BCUT2D eigenvalue weighted by molar-refractivity contribution is 6.21. The Morgan fingerprint density at radius 2 is 1.63 bits per heavy atom. The number of hydrogen-bond acceptors (Lipinski definition) is 4. The summed E-state index contributed by atoms with van der Waals surface area (Å²) < 4.78 is 0. The predicted molar refractivity (Wildman–Crippen MR) is 98.4 cm³/mol. The number of aromatic nitrogens is 1. The Labute approximate surface area is 157 Å². The largest absolute Gasteiger partial charge is 0.465 e. The van der Waals surface area contributed by atoms with Gasteiger partial charge in [0.1, 0.15) is 0 Å². The second-order valence-corrected chi connectivity index (χ2v) is 7.36. The zero-order valence-corrected chi connectivity index (χ0v) is 15.4. The maximum absolute atomic E-state index is 12.7. The number of carboxylic acid groups (broad SMARTS) is 1. The smallest absolute Gasteiger partial charge is 0.408 e. The van der Waals surface area contributed by atoms with Crippen molar-refractivity contribution in [3.05, 3.63) is 65.5 Å². The van der Waals surface area contributed by atoms with Crippen LogP contribution in [0.5, 0.6) is 0 Å². The summed E-state index contributed by atoms with van der Waals surface area (Å²) in [5, 5.41) is 9.83. The molecule has 140 valence electrons. The number of fused-ring (bicyclic) bond motifs is 1. The van der Waals surface area contributed by atoms with Crippen LogP contribution in [0.15, 0.2) is 48.7 Å². The van der Waals surface area contributed by atoms with Crippen LogP contribution in [-0.2, 0) is 0 Å². The second kappa shape index (κ2) is 6.83.